The monoisotopic (exact) mass is 456 g/mol. The van der Waals surface area contributed by atoms with Crippen LogP contribution in [0.15, 0.2) is 4.99 Å². The Labute approximate surface area is 164 Å². The van der Waals surface area contributed by atoms with E-state index in [1.54, 1.807) is 0 Å². The van der Waals surface area contributed by atoms with Crippen LogP contribution in [-0.2, 0) is 4.79 Å². The molecule has 0 fully saturated rings. The van der Waals surface area contributed by atoms with Crippen molar-refractivity contribution in [1.29, 1.82) is 0 Å². The van der Waals surface area contributed by atoms with Gasteiger partial charge in [0.15, 0.2) is 5.96 Å². The summed E-state index contributed by atoms with van der Waals surface area (Å²) in [4.78, 5) is 16.2. The molecule has 0 aromatic heterocycles. The third kappa shape index (κ3) is 11.1. The number of halogens is 1. The van der Waals surface area contributed by atoms with Crippen LogP contribution in [0.5, 0.6) is 0 Å². The predicted octanol–water partition coefficient (Wildman–Crippen LogP) is 2.26. The molecule has 0 radical (unpaired) electrons. The Morgan fingerprint density at radius 1 is 1.08 bits per heavy atom. The number of guanidine groups is 1. The van der Waals surface area contributed by atoms with Crippen LogP contribution in [0.3, 0.4) is 0 Å². The van der Waals surface area contributed by atoms with E-state index in [4.69, 9.17) is 0 Å². The van der Waals surface area contributed by atoms with Crippen molar-refractivity contribution in [3.8, 4) is 0 Å². The van der Waals surface area contributed by atoms with Crippen LogP contribution >= 0.6 is 24.0 Å². The van der Waals surface area contributed by atoms with E-state index in [2.05, 4.69) is 34.8 Å². The molecule has 7 heteroatoms. The van der Waals surface area contributed by atoms with Gasteiger partial charge in [0.05, 0.1) is 0 Å². The molecular weight excluding hydrogens is 419 g/mol. The minimum Gasteiger partial charge on any atom is -0.396 e. The first-order valence-corrected chi connectivity index (χ1v) is 8.66. The number of hydrogen-bond donors (Lipinski definition) is 4. The fraction of sp³-hybridized carbons (Fsp3) is 0.882. The molecule has 0 atom stereocenters. The summed E-state index contributed by atoms with van der Waals surface area (Å²) in [6.07, 6.45) is 2.73. The Morgan fingerprint density at radius 2 is 1.67 bits per heavy atom. The maximum Gasteiger partial charge on any atom is 0.242 e. The van der Waals surface area contributed by atoms with Gasteiger partial charge in [0.25, 0.3) is 0 Å². The van der Waals surface area contributed by atoms with Gasteiger partial charge in [-0.1, -0.05) is 13.8 Å². The van der Waals surface area contributed by atoms with Gasteiger partial charge >= 0.3 is 0 Å². The molecule has 0 aliphatic rings. The van der Waals surface area contributed by atoms with E-state index in [1.165, 1.54) is 0 Å². The van der Waals surface area contributed by atoms with Gasteiger partial charge in [-0.15, -0.1) is 24.0 Å². The molecule has 0 bridgehead atoms. The number of carbonyl (C=O) groups is 1. The van der Waals surface area contributed by atoms with E-state index >= 15 is 0 Å². The molecule has 4 N–H and O–H groups in total. The van der Waals surface area contributed by atoms with Crippen molar-refractivity contribution < 1.29 is 9.90 Å². The maximum atomic E-state index is 11.9. The van der Waals surface area contributed by atoms with Gasteiger partial charge in [0, 0.05) is 25.2 Å². The predicted molar refractivity (Wildman–Crippen MR) is 112 cm³/mol. The van der Waals surface area contributed by atoms with Gasteiger partial charge < -0.3 is 21.1 Å². The lowest BCUT2D eigenvalue weighted by Crippen LogP contribution is -2.45. The highest BCUT2D eigenvalue weighted by Crippen LogP contribution is 2.29. The molecule has 0 rings (SSSR count). The highest BCUT2D eigenvalue weighted by atomic mass is 127. The van der Waals surface area contributed by atoms with E-state index in [0.717, 1.165) is 32.4 Å². The Hall–Kier alpha value is -0.570. The van der Waals surface area contributed by atoms with E-state index < -0.39 is 0 Å². The Bertz CT molecular complexity index is 377. The first kappa shape index (κ1) is 25.7. The van der Waals surface area contributed by atoms with Crippen molar-refractivity contribution in [3.05, 3.63) is 0 Å². The van der Waals surface area contributed by atoms with Crippen molar-refractivity contribution >= 4 is 35.8 Å². The average Bonchev–Trinajstić information content (AvgIpc) is 2.47. The standard InChI is InChI=1S/C17H36N4O2.HI/c1-7-17(8-2,10-11-22)13-20-15(18-9-3)19-12-14(23)21-16(4,5)6;/h22H,7-13H2,1-6H3,(H,21,23)(H2,18,19,20);1H. The van der Waals surface area contributed by atoms with Gasteiger partial charge in [-0.05, 0) is 52.4 Å². The van der Waals surface area contributed by atoms with Gasteiger partial charge in [-0.3, -0.25) is 4.79 Å². The van der Waals surface area contributed by atoms with Crippen LogP contribution in [-0.4, -0.2) is 48.8 Å². The summed E-state index contributed by atoms with van der Waals surface area (Å²) < 4.78 is 0. The molecule has 0 aliphatic carbocycles. The van der Waals surface area contributed by atoms with Crippen molar-refractivity contribution in [2.24, 2.45) is 10.4 Å². The van der Waals surface area contributed by atoms with Gasteiger partial charge in [-0.2, -0.15) is 0 Å². The summed E-state index contributed by atoms with van der Waals surface area (Å²) in [6, 6.07) is 0. The topological polar surface area (TPSA) is 85.8 Å². The van der Waals surface area contributed by atoms with Gasteiger partial charge in [0.2, 0.25) is 5.91 Å². The second-order valence-electron chi connectivity index (χ2n) is 7.03. The molecule has 0 saturated heterocycles. The van der Waals surface area contributed by atoms with E-state index in [1.807, 2.05) is 27.7 Å². The fourth-order valence-electron chi connectivity index (χ4n) is 2.40. The summed E-state index contributed by atoms with van der Waals surface area (Å²) in [5.41, 5.74) is -0.197. The number of nitrogens with one attached hydrogen (secondary N) is 3. The van der Waals surface area contributed by atoms with Crippen LogP contribution in [0.4, 0.5) is 0 Å². The molecule has 0 saturated carbocycles. The lowest BCUT2D eigenvalue weighted by molar-refractivity contribution is -0.121. The number of aliphatic imine (C=N–C) groups is 1. The molecule has 6 nitrogen and oxygen atoms in total. The Kier molecular flexibility index (Phi) is 13.6. The first-order chi connectivity index (χ1) is 10.7. The molecule has 0 aromatic rings. The van der Waals surface area contributed by atoms with Crippen molar-refractivity contribution in [3.63, 3.8) is 0 Å². The number of aliphatic hydroxyl groups is 1. The molecule has 0 aliphatic heterocycles. The third-order valence-electron chi connectivity index (χ3n) is 4.01. The second-order valence-corrected chi connectivity index (χ2v) is 7.03. The van der Waals surface area contributed by atoms with Crippen molar-refractivity contribution in [1.82, 2.24) is 16.0 Å². The lowest BCUT2D eigenvalue weighted by atomic mass is 9.79. The zero-order valence-electron chi connectivity index (χ0n) is 16.2. The molecule has 1 amide bonds. The minimum atomic E-state index is -0.251. The lowest BCUT2D eigenvalue weighted by Gasteiger charge is -2.32. The Balaban J connectivity index is 0. The Morgan fingerprint density at radius 3 is 2.08 bits per heavy atom. The number of carbonyl (C=O) groups excluding carboxylic acids is 1. The summed E-state index contributed by atoms with van der Waals surface area (Å²) in [5, 5.41) is 18.7. The molecule has 0 aromatic carbocycles. The number of nitrogens with zero attached hydrogens (tertiary/aromatic N) is 1. The highest BCUT2D eigenvalue weighted by molar-refractivity contribution is 14.0. The summed E-state index contributed by atoms with van der Waals surface area (Å²) in [6.45, 7) is 13.9. The summed E-state index contributed by atoms with van der Waals surface area (Å²) in [7, 11) is 0. The molecule has 0 unspecified atom stereocenters. The van der Waals surface area contributed by atoms with E-state index in [0.29, 0.717) is 5.96 Å². The van der Waals surface area contributed by atoms with E-state index in [-0.39, 0.29) is 54.0 Å². The molecule has 0 spiro atoms. The SMILES string of the molecule is CCNC(=NCC(=O)NC(C)(C)C)NCC(CC)(CC)CCO.I. The van der Waals surface area contributed by atoms with Crippen molar-refractivity contribution in [2.45, 2.75) is 66.3 Å². The van der Waals surface area contributed by atoms with Crippen molar-refractivity contribution in [2.75, 3.05) is 26.2 Å². The first-order valence-electron chi connectivity index (χ1n) is 8.66. The van der Waals surface area contributed by atoms with Crippen LogP contribution in [0, 0.1) is 5.41 Å². The van der Waals surface area contributed by atoms with Crippen LogP contribution < -0.4 is 16.0 Å². The van der Waals surface area contributed by atoms with Crippen LogP contribution in [0.1, 0.15) is 60.8 Å². The molecule has 144 valence electrons. The fourth-order valence-corrected chi connectivity index (χ4v) is 2.40. The number of aliphatic hydroxyl groups excluding tert-OH is 1. The number of hydrogen-bond acceptors (Lipinski definition) is 3. The zero-order chi connectivity index (χ0) is 17.9. The third-order valence-corrected chi connectivity index (χ3v) is 4.01. The molecule has 0 heterocycles. The minimum absolute atomic E-state index is 0. The summed E-state index contributed by atoms with van der Waals surface area (Å²) >= 11 is 0. The summed E-state index contributed by atoms with van der Waals surface area (Å²) in [5.74, 6) is 0.545. The van der Waals surface area contributed by atoms with Crippen LogP contribution in [0.25, 0.3) is 0 Å². The maximum absolute atomic E-state index is 11.9. The van der Waals surface area contributed by atoms with E-state index in [9.17, 15) is 9.90 Å². The number of rotatable bonds is 9. The smallest absolute Gasteiger partial charge is 0.242 e. The highest BCUT2D eigenvalue weighted by Gasteiger charge is 2.25. The normalized spacial score (nSPS) is 12.4. The molecular formula is C17H37IN4O2. The second kappa shape index (κ2) is 12.7. The largest absolute Gasteiger partial charge is 0.396 e. The zero-order valence-corrected chi connectivity index (χ0v) is 18.5. The van der Waals surface area contributed by atoms with Gasteiger partial charge in [0.1, 0.15) is 6.54 Å². The number of amides is 1. The van der Waals surface area contributed by atoms with Gasteiger partial charge in [-0.25, -0.2) is 4.99 Å². The average molecular weight is 456 g/mol. The quantitative estimate of drug-likeness (QED) is 0.244. The molecule has 24 heavy (non-hydrogen) atoms. The van der Waals surface area contributed by atoms with Crippen LogP contribution in [0.2, 0.25) is 0 Å².